The number of alkyl halides is 3. The van der Waals surface area contributed by atoms with Gasteiger partial charge in [0.15, 0.2) is 0 Å². The van der Waals surface area contributed by atoms with Crippen LogP contribution >= 0.6 is 0 Å². The van der Waals surface area contributed by atoms with E-state index < -0.39 is 12.5 Å². The van der Waals surface area contributed by atoms with Crippen LogP contribution in [0.4, 0.5) is 13.2 Å². The van der Waals surface area contributed by atoms with Crippen LogP contribution in [-0.4, -0.2) is 20.3 Å². The number of hydrogen-bond donors (Lipinski definition) is 0. The lowest BCUT2D eigenvalue weighted by Gasteiger charge is -2.18. The third kappa shape index (κ3) is 3.13. The SMILES string of the molecule is [B]C1=CC=CC(OC(F)(F)F)C1. The monoisotopic (exact) mass is 174 g/mol. The third-order valence-electron chi connectivity index (χ3n) is 1.36. The average molecular weight is 174 g/mol. The highest BCUT2D eigenvalue weighted by molar-refractivity contribution is 6.21. The molecular formula is C7H6BF3O. The van der Waals surface area contributed by atoms with Crippen molar-refractivity contribution in [3.05, 3.63) is 23.7 Å². The van der Waals surface area contributed by atoms with Gasteiger partial charge >= 0.3 is 6.36 Å². The summed E-state index contributed by atoms with van der Waals surface area (Å²) in [5.74, 6) is 0. The van der Waals surface area contributed by atoms with E-state index in [0.29, 0.717) is 5.47 Å². The van der Waals surface area contributed by atoms with Crippen LogP contribution in [-0.2, 0) is 4.74 Å². The van der Waals surface area contributed by atoms with Gasteiger partial charge in [-0.1, -0.05) is 18.2 Å². The Hall–Kier alpha value is -0.705. The van der Waals surface area contributed by atoms with Crippen molar-refractivity contribution < 1.29 is 17.9 Å². The average Bonchev–Trinajstić information content (AvgIpc) is 1.82. The topological polar surface area (TPSA) is 9.23 Å². The van der Waals surface area contributed by atoms with Gasteiger partial charge in [0, 0.05) is 0 Å². The first kappa shape index (κ1) is 9.38. The number of rotatable bonds is 1. The molecule has 0 aromatic heterocycles. The van der Waals surface area contributed by atoms with Gasteiger partial charge < -0.3 is 0 Å². The molecule has 1 atom stereocenters. The molecule has 2 radical (unpaired) electrons. The predicted octanol–water partition coefficient (Wildman–Crippen LogP) is 1.90. The van der Waals surface area contributed by atoms with E-state index in [-0.39, 0.29) is 6.42 Å². The second-order valence-corrected chi connectivity index (χ2v) is 2.43. The Morgan fingerprint density at radius 1 is 1.50 bits per heavy atom. The maximum Gasteiger partial charge on any atom is 0.523 e. The van der Waals surface area contributed by atoms with Crippen molar-refractivity contribution in [3.63, 3.8) is 0 Å². The highest BCUT2D eigenvalue weighted by atomic mass is 19.4. The zero-order valence-electron chi connectivity index (χ0n) is 6.14. The molecule has 0 spiro atoms. The fourth-order valence-corrected chi connectivity index (χ4v) is 0.924. The number of allylic oxidation sites excluding steroid dienone is 2. The summed E-state index contributed by atoms with van der Waals surface area (Å²) in [5.41, 5.74) is 0.395. The summed E-state index contributed by atoms with van der Waals surface area (Å²) in [4.78, 5) is 0. The number of ether oxygens (including phenoxy) is 1. The van der Waals surface area contributed by atoms with E-state index in [1.165, 1.54) is 12.2 Å². The summed E-state index contributed by atoms with van der Waals surface area (Å²) in [7, 11) is 5.31. The molecule has 0 bridgehead atoms. The molecule has 0 N–H and O–H groups in total. The second-order valence-electron chi connectivity index (χ2n) is 2.43. The Kier molecular flexibility index (Phi) is 2.62. The van der Waals surface area contributed by atoms with Gasteiger partial charge in [-0.25, -0.2) is 0 Å². The van der Waals surface area contributed by atoms with Crippen LogP contribution < -0.4 is 0 Å². The lowest BCUT2D eigenvalue weighted by Crippen LogP contribution is -2.23. The first-order valence-corrected chi connectivity index (χ1v) is 3.35. The van der Waals surface area contributed by atoms with E-state index in [4.69, 9.17) is 7.85 Å². The van der Waals surface area contributed by atoms with Crippen LogP contribution in [0.5, 0.6) is 0 Å². The van der Waals surface area contributed by atoms with E-state index in [1.807, 2.05) is 0 Å². The third-order valence-corrected chi connectivity index (χ3v) is 1.36. The molecule has 0 aromatic rings. The van der Waals surface area contributed by atoms with Crippen LogP contribution in [0.3, 0.4) is 0 Å². The van der Waals surface area contributed by atoms with Crippen molar-refractivity contribution >= 4 is 7.85 Å². The molecule has 1 aliphatic carbocycles. The summed E-state index contributed by atoms with van der Waals surface area (Å²) in [6.07, 6.45) is -1.15. The predicted molar refractivity (Wildman–Crippen MR) is 38.5 cm³/mol. The maximum atomic E-state index is 11.7. The van der Waals surface area contributed by atoms with Crippen LogP contribution in [0, 0.1) is 0 Å². The minimum Gasteiger partial charge on any atom is -0.284 e. The van der Waals surface area contributed by atoms with Crippen LogP contribution in [0.2, 0.25) is 0 Å². The second kappa shape index (κ2) is 3.35. The van der Waals surface area contributed by atoms with E-state index in [9.17, 15) is 13.2 Å². The molecule has 0 amide bonds. The van der Waals surface area contributed by atoms with Crippen molar-refractivity contribution in [1.29, 1.82) is 0 Å². The Morgan fingerprint density at radius 2 is 2.17 bits per heavy atom. The smallest absolute Gasteiger partial charge is 0.284 e. The highest BCUT2D eigenvalue weighted by Gasteiger charge is 2.32. The first-order chi connectivity index (χ1) is 5.47. The molecule has 1 aliphatic rings. The highest BCUT2D eigenvalue weighted by Crippen LogP contribution is 2.23. The quantitative estimate of drug-likeness (QED) is 0.551. The van der Waals surface area contributed by atoms with Gasteiger partial charge in [-0.3, -0.25) is 4.74 Å². The molecule has 1 rings (SSSR count). The number of halogens is 3. The Bertz CT molecular complexity index is 219. The summed E-state index contributed by atoms with van der Waals surface area (Å²) >= 11 is 0. The summed E-state index contributed by atoms with van der Waals surface area (Å²) < 4.78 is 38.7. The standard InChI is InChI=1S/C7H6BF3O/c8-5-2-1-3-6(4-5)12-7(9,10)11/h1-3,6H,4H2. The number of hydrogen-bond acceptors (Lipinski definition) is 1. The fraction of sp³-hybridized carbons (Fsp3) is 0.429. The van der Waals surface area contributed by atoms with Gasteiger partial charge in [0.25, 0.3) is 0 Å². The normalized spacial score (nSPS) is 23.9. The lowest BCUT2D eigenvalue weighted by atomic mass is 9.87. The molecule has 12 heavy (non-hydrogen) atoms. The van der Waals surface area contributed by atoms with Crippen molar-refractivity contribution in [1.82, 2.24) is 0 Å². The van der Waals surface area contributed by atoms with Crippen molar-refractivity contribution in [3.8, 4) is 0 Å². The molecule has 1 unspecified atom stereocenters. The van der Waals surface area contributed by atoms with Crippen LogP contribution in [0.15, 0.2) is 23.7 Å². The molecule has 1 nitrogen and oxygen atoms in total. The van der Waals surface area contributed by atoms with Crippen molar-refractivity contribution in [2.45, 2.75) is 18.9 Å². The van der Waals surface area contributed by atoms with Crippen LogP contribution in [0.25, 0.3) is 0 Å². The Labute approximate surface area is 69.3 Å². The summed E-state index contributed by atoms with van der Waals surface area (Å²) in [6.45, 7) is 0. The molecule has 0 saturated carbocycles. The zero-order valence-corrected chi connectivity index (χ0v) is 6.14. The fourth-order valence-electron chi connectivity index (χ4n) is 0.924. The van der Waals surface area contributed by atoms with Gasteiger partial charge in [0.05, 0.1) is 6.10 Å². The largest absolute Gasteiger partial charge is 0.523 e. The van der Waals surface area contributed by atoms with E-state index >= 15 is 0 Å². The van der Waals surface area contributed by atoms with Gasteiger partial charge in [0.1, 0.15) is 7.85 Å². The van der Waals surface area contributed by atoms with Crippen molar-refractivity contribution in [2.75, 3.05) is 0 Å². The lowest BCUT2D eigenvalue weighted by molar-refractivity contribution is -0.336. The van der Waals surface area contributed by atoms with Gasteiger partial charge in [-0.15, -0.1) is 18.6 Å². The molecule has 0 heterocycles. The Morgan fingerprint density at radius 3 is 2.67 bits per heavy atom. The zero-order chi connectivity index (χ0) is 9.19. The van der Waals surface area contributed by atoms with Gasteiger partial charge in [0.2, 0.25) is 0 Å². The molecular weight excluding hydrogens is 168 g/mol. The molecule has 0 saturated heterocycles. The van der Waals surface area contributed by atoms with Gasteiger partial charge in [-0.2, -0.15) is 0 Å². The molecule has 0 aliphatic heterocycles. The molecule has 64 valence electrons. The van der Waals surface area contributed by atoms with Crippen LogP contribution in [0.1, 0.15) is 6.42 Å². The Balaban J connectivity index is 2.47. The minimum absolute atomic E-state index is 0.0933. The van der Waals surface area contributed by atoms with Crippen molar-refractivity contribution in [2.24, 2.45) is 0 Å². The van der Waals surface area contributed by atoms with E-state index in [0.717, 1.165) is 0 Å². The summed E-state index contributed by atoms with van der Waals surface area (Å²) in [5, 5.41) is 0. The molecule has 5 heteroatoms. The van der Waals surface area contributed by atoms with E-state index in [2.05, 4.69) is 4.74 Å². The maximum absolute atomic E-state index is 11.7. The molecule has 0 fully saturated rings. The minimum atomic E-state index is -4.59. The van der Waals surface area contributed by atoms with E-state index in [1.54, 1.807) is 6.08 Å². The molecule has 0 aromatic carbocycles. The van der Waals surface area contributed by atoms with Gasteiger partial charge in [-0.05, 0) is 6.42 Å². The summed E-state index contributed by atoms with van der Waals surface area (Å²) in [6, 6.07) is 0. The first-order valence-electron chi connectivity index (χ1n) is 3.35.